The molecule has 0 aromatic heterocycles. The highest BCUT2D eigenvalue weighted by atomic mass is 16.5. The summed E-state index contributed by atoms with van der Waals surface area (Å²) in [6.07, 6.45) is 2.69. The van der Waals surface area contributed by atoms with Crippen LogP contribution in [0.5, 0.6) is 0 Å². The normalized spacial score (nSPS) is 16.3. The zero-order valence-electron chi connectivity index (χ0n) is 13.2. The molecule has 0 fully saturated rings. The monoisotopic (exact) mass is 290 g/mol. The van der Waals surface area contributed by atoms with E-state index in [9.17, 15) is 5.11 Å². The van der Waals surface area contributed by atoms with Crippen LogP contribution in [-0.2, 0) is 16.1 Å². The van der Waals surface area contributed by atoms with E-state index in [-0.39, 0.29) is 12.0 Å². The summed E-state index contributed by atoms with van der Waals surface area (Å²) in [6, 6.07) is 10.1. The smallest absolute Gasteiger partial charge is 0.101 e. The van der Waals surface area contributed by atoms with Gasteiger partial charge in [-0.05, 0) is 12.5 Å². The van der Waals surface area contributed by atoms with Gasteiger partial charge in [0.2, 0.25) is 0 Å². The molecule has 1 aromatic rings. The van der Waals surface area contributed by atoms with Gasteiger partial charge >= 0.3 is 0 Å². The van der Waals surface area contributed by atoms with Gasteiger partial charge in [0.05, 0.1) is 19.3 Å². The predicted molar refractivity (Wildman–Crippen MR) is 86.0 cm³/mol. The van der Waals surface area contributed by atoms with Gasteiger partial charge in [-0.3, -0.25) is 0 Å². The first-order chi connectivity index (χ1) is 10.1. The summed E-state index contributed by atoms with van der Waals surface area (Å²) >= 11 is 0. The highest BCUT2D eigenvalue weighted by molar-refractivity contribution is 5.13. The first-order valence-corrected chi connectivity index (χ1v) is 7.20. The zero-order chi connectivity index (χ0) is 15.7. The molecule has 0 saturated carbocycles. The van der Waals surface area contributed by atoms with E-state index in [1.807, 2.05) is 50.3 Å². The molecule has 0 heterocycles. The lowest BCUT2D eigenvalue weighted by molar-refractivity contribution is -0.00171. The Balaban J connectivity index is 2.43. The Hall–Kier alpha value is -1.42. The number of methoxy groups -OCH3 is 1. The van der Waals surface area contributed by atoms with Crippen molar-refractivity contribution in [3.63, 3.8) is 0 Å². The molecule has 0 spiro atoms. The lowest BCUT2D eigenvalue weighted by Crippen LogP contribution is -2.31. The molecule has 0 aliphatic carbocycles. The van der Waals surface area contributed by atoms with Crippen LogP contribution in [0.4, 0.5) is 0 Å². The minimum atomic E-state index is -0.600. The number of hydrogen-bond acceptors (Lipinski definition) is 3. The van der Waals surface area contributed by atoms with Crippen molar-refractivity contribution in [2.45, 2.75) is 32.7 Å². The van der Waals surface area contributed by atoms with E-state index in [1.54, 1.807) is 13.2 Å². The third-order valence-electron chi connectivity index (χ3n) is 3.37. The van der Waals surface area contributed by atoms with Crippen molar-refractivity contribution < 1.29 is 14.6 Å². The third-order valence-corrected chi connectivity index (χ3v) is 3.37. The van der Waals surface area contributed by atoms with Gasteiger partial charge in [-0.1, -0.05) is 55.0 Å². The fraction of sp³-hybridized carbons (Fsp3) is 0.444. The Bertz CT molecular complexity index is 439. The lowest BCUT2D eigenvalue weighted by atomic mass is 9.97. The van der Waals surface area contributed by atoms with Crippen LogP contribution in [0, 0.1) is 5.92 Å². The van der Waals surface area contributed by atoms with Crippen LogP contribution < -0.4 is 0 Å². The van der Waals surface area contributed by atoms with E-state index in [2.05, 4.69) is 6.58 Å². The maximum absolute atomic E-state index is 10.1. The molecule has 1 aromatic carbocycles. The fourth-order valence-corrected chi connectivity index (χ4v) is 2.17. The van der Waals surface area contributed by atoms with Crippen molar-refractivity contribution in [2.75, 3.05) is 13.7 Å². The minimum absolute atomic E-state index is 0.0201. The molecule has 1 rings (SSSR count). The Morgan fingerprint density at radius 3 is 2.57 bits per heavy atom. The maximum Gasteiger partial charge on any atom is 0.101 e. The summed E-state index contributed by atoms with van der Waals surface area (Å²) in [6.45, 7) is 8.78. The number of aliphatic hydroxyl groups is 1. The molecule has 0 saturated heterocycles. The lowest BCUT2D eigenvalue weighted by Gasteiger charge is -2.22. The summed E-state index contributed by atoms with van der Waals surface area (Å²) in [5, 5.41) is 10.1. The molecular weight excluding hydrogens is 264 g/mol. The predicted octanol–water partition coefficient (Wildman–Crippen LogP) is 3.35. The van der Waals surface area contributed by atoms with Crippen LogP contribution in [0.15, 0.2) is 54.6 Å². The van der Waals surface area contributed by atoms with Gasteiger partial charge in [0.15, 0.2) is 0 Å². The molecule has 0 unspecified atom stereocenters. The van der Waals surface area contributed by atoms with Crippen molar-refractivity contribution >= 4 is 0 Å². The second-order valence-electron chi connectivity index (χ2n) is 5.28. The molecule has 0 amide bonds. The molecule has 3 nitrogen and oxygen atoms in total. The van der Waals surface area contributed by atoms with E-state index in [4.69, 9.17) is 9.47 Å². The minimum Gasteiger partial charge on any atom is -0.389 e. The summed E-state index contributed by atoms with van der Waals surface area (Å²) in [5.74, 6) is -0.0201. The summed E-state index contributed by atoms with van der Waals surface area (Å²) in [4.78, 5) is 0. The summed E-state index contributed by atoms with van der Waals surface area (Å²) < 4.78 is 10.8. The van der Waals surface area contributed by atoms with Gasteiger partial charge < -0.3 is 14.6 Å². The van der Waals surface area contributed by atoms with Crippen molar-refractivity contribution in [3.05, 3.63) is 60.2 Å². The Morgan fingerprint density at radius 2 is 2.00 bits per heavy atom. The fourth-order valence-electron chi connectivity index (χ4n) is 2.17. The quantitative estimate of drug-likeness (QED) is 0.709. The first-order valence-electron chi connectivity index (χ1n) is 7.20. The standard InChI is InChI=1S/C18H26O3/c1-5-17(20-4)18(19)15(3)11-14(2)12-21-13-16-9-7-6-8-10-16/h5-11,15,17-19H,1,12-13H2,2-4H3/b14-11-/t15-,17+,18+/m1/s1. The van der Waals surface area contributed by atoms with Crippen LogP contribution in [0.2, 0.25) is 0 Å². The average molecular weight is 290 g/mol. The summed E-state index contributed by atoms with van der Waals surface area (Å²) in [5.41, 5.74) is 2.25. The molecule has 0 aliphatic heterocycles. The molecule has 0 bridgehead atoms. The number of rotatable bonds is 9. The number of hydrogen-bond donors (Lipinski definition) is 1. The number of benzene rings is 1. The number of ether oxygens (including phenoxy) is 2. The highest BCUT2D eigenvalue weighted by Gasteiger charge is 2.20. The molecule has 1 N–H and O–H groups in total. The van der Waals surface area contributed by atoms with Crippen molar-refractivity contribution in [2.24, 2.45) is 5.92 Å². The molecule has 0 radical (unpaired) electrons. The van der Waals surface area contributed by atoms with Gasteiger partial charge in [-0.15, -0.1) is 6.58 Å². The second-order valence-corrected chi connectivity index (χ2v) is 5.28. The maximum atomic E-state index is 10.1. The van der Waals surface area contributed by atoms with Crippen molar-refractivity contribution in [1.29, 1.82) is 0 Å². The second kappa shape index (κ2) is 9.50. The van der Waals surface area contributed by atoms with E-state index in [0.29, 0.717) is 13.2 Å². The molecular formula is C18H26O3. The first kappa shape index (κ1) is 17.6. The van der Waals surface area contributed by atoms with Gasteiger partial charge in [-0.25, -0.2) is 0 Å². The van der Waals surface area contributed by atoms with Crippen molar-refractivity contribution in [1.82, 2.24) is 0 Å². The Morgan fingerprint density at radius 1 is 1.33 bits per heavy atom. The Kier molecular flexibility index (Phi) is 7.98. The van der Waals surface area contributed by atoms with Crippen LogP contribution in [0.1, 0.15) is 19.4 Å². The van der Waals surface area contributed by atoms with E-state index >= 15 is 0 Å². The molecule has 116 valence electrons. The molecule has 0 aliphatic rings. The van der Waals surface area contributed by atoms with Gasteiger partial charge in [-0.2, -0.15) is 0 Å². The molecule has 3 atom stereocenters. The largest absolute Gasteiger partial charge is 0.389 e. The summed E-state index contributed by atoms with van der Waals surface area (Å²) in [7, 11) is 1.57. The SMILES string of the molecule is C=C[C@H](OC)[C@@H](O)[C@H](C)/C=C(/C)COCc1ccccc1. The van der Waals surface area contributed by atoms with Gasteiger partial charge in [0.1, 0.15) is 6.10 Å². The van der Waals surface area contributed by atoms with Crippen LogP contribution in [0.25, 0.3) is 0 Å². The van der Waals surface area contributed by atoms with E-state index in [0.717, 1.165) is 11.1 Å². The van der Waals surface area contributed by atoms with Crippen LogP contribution in [-0.4, -0.2) is 31.0 Å². The zero-order valence-corrected chi connectivity index (χ0v) is 13.2. The van der Waals surface area contributed by atoms with Crippen molar-refractivity contribution in [3.8, 4) is 0 Å². The highest BCUT2D eigenvalue weighted by Crippen LogP contribution is 2.14. The van der Waals surface area contributed by atoms with E-state index in [1.165, 1.54) is 0 Å². The molecule has 21 heavy (non-hydrogen) atoms. The topological polar surface area (TPSA) is 38.7 Å². The Labute approximate surface area is 127 Å². The van der Waals surface area contributed by atoms with Crippen LogP contribution >= 0.6 is 0 Å². The van der Waals surface area contributed by atoms with E-state index < -0.39 is 6.10 Å². The third kappa shape index (κ3) is 6.25. The van der Waals surface area contributed by atoms with Gasteiger partial charge in [0, 0.05) is 13.0 Å². The van der Waals surface area contributed by atoms with Crippen LogP contribution in [0.3, 0.4) is 0 Å². The van der Waals surface area contributed by atoms with Gasteiger partial charge in [0.25, 0.3) is 0 Å². The number of aliphatic hydroxyl groups excluding tert-OH is 1. The average Bonchev–Trinajstić information content (AvgIpc) is 2.49. The molecule has 3 heteroatoms.